The zero-order valence-electron chi connectivity index (χ0n) is 15.3. The molecule has 0 aliphatic rings. The molecule has 0 fully saturated rings. The lowest BCUT2D eigenvalue weighted by Gasteiger charge is -2.11. The van der Waals surface area contributed by atoms with E-state index in [0.717, 1.165) is 0 Å². The lowest BCUT2D eigenvalue weighted by Crippen LogP contribution is -2.19. The van der Waals surface area contributed by atoms with Gasteiger partial charge in [-0.05, 0) is 5.56 Å². The van der Waals surface area contributed by atoms with Gasteiger partial charge in [0.15, 0.2) is 5.56 Å². The highest BCUT2D eigenvalue weighted by Gasteiger charge is 2.57. The molecule has 2 rings (SSSR count). The average Bonchev–Trinajstić information content (AvgIpc) is 2.69. The molecule has 0 bridgehead atoms. The van der Waals surface area contributed by atoms with Crippen molar-refractivity contribution in [1.82, 2.24) is 0 Å². The molecule has 0 heterocycles. The van der Waals surface area contributed by atoms with Gasteiger partial charge in [0.05, 0.1) is 24.6 Å². The predicted molar refractivity (Wildman–Crippen MR) is 99.6 cm³/mol. The van der Waals surface area contributed by atoms with Crippen molar-refractivity contribution >= 4 is 28.4 Å². The van der Waals surface area contributed by atoms with Crippen LogP contribution in [0.15, 0.2) is 30.3 Å². The third-order valence-electron chi connectivity index (χ3n) is 4.18. The maximum Gasteiger partial charge on any atom is 0.437 e. The summed E-state index contributed by atoms with van der Waals surface area (Å²) in [7, 11) is 0. The Morgan fingerprint density at radius 3 is 1.22 bits per heavy atom. The smallest absolute Gasteiger partial charge is 0.264 e. The van der Waals surface area contributed by atoms with Gasteiger partial charge in [0.2, 0.25) is 0 Å². The van der Waals surface area contributed by atoms with Crippen LogP contribution in [0.2, 0.25) is 0 Å². The number of hydrogen-bond donors (Lipinski definition) is 0. The van der Waals surface area contributed by atoms with Crippen LogP contribution in [0.5, 0.6) is 0 Å². The van der Waals surface area contributed by atoms with Gasteiger partial charge < -0.3 is 0 Å². The van der Waals surface area contributed by atoms with Crippen molar-refractivity contribution in [3.05, 3.63) is 102 Å². The van der Waals surface area contributed by atoms with E-state index in [2.05, 4.69) is 0 Å². The van der Waals surface area contributed by atoms with Gasteiger partial charge >= 0.3 is 28.4 Å². The number of hydrogen-bond acceptors (Lipinski definition) is 12. The van der Waals surface area contributed by atoms with Gasteiger partial charge in [-0.2, -0.15) is 0 Å². The first-order chi connectivity index (χ1) is 14.9. The highest BCUT2D eigenvalue weighted by atomic mass is 16.7. The Kier molecular flexibility index (Phi) is 6.28. The van der Waals surface area contributed by atoms with Crippen LogP contribution in [0.3, 0.4) is 0 Å². The standard InChI is InChI=1S/C14H8N6O12/c21-15(22)8(6-7-4-2-1-3-5-7)9-10(16(23)24)12(18(27)28)14(20(31)32)13(19(29)30)11(9)17(25)26/h1-5,8H,6H2. The van der Waals surface area contributed by atoms with E-state index in [1.807, 2.05) is 0 Å². The maximum absolute atomic E-state index is 11.7. The molecule has 0 aliphatic carbocycles. The number of nitro benzene ring substituents is 5. The molecule has 18 heteroatoms. The lowest BCUT2D eigenvalue weighted by molar-refractivity contribution is -0.533. The molecule has 0 saturated heterocycles. The summed E-state index contributed by atoms with van der Waals surface area (Å²) >= 11 is 0. The van der Waals surface area contributed by atoms with Gasteiger partial charge in [0.25, 0.3) is 6.04 Å². The zero-order chi connectivity index (χ0) is 24.3. The predicted octanol–water partition coefficient (Wildman–Crippen LogP) is 2.79. The molecule has 0 N–H and O–H groups in total. The van der Waals surface area contributed by atoms with Crippen LogP contribution in [-0.4, -0.2) is 29.5 Å². The topological polar surface area (TPSA) is 259 Å². The summed E-state index contributed by atoms with van der Waals surface area (Å²) < 4.78 is 0. The van der Waals surface area contributed by atoms with Crippen LogP contribution in [0.25, 0.3) is 0 Å². The summed E-state index contributed by atoms with van der Waals surface area (Å²) in [6, 6.07) is 4.42. The largest absolute Gasteiger partial charge is 0.437 e. The molecule has 0 aliphatic heterocycles. The highest BCUT2D eigenvalue weighted by molar-refractivity contribution is 5.86. The van der Waals surface area contributed by atoms with Crippen molar-refractivity contribution in [2.75, 3.05) is 0 Å². The Morgan fingerprint density at radius 1 is 0.562 bits per heavy atom. The minimum atomic E-state index is -2.46. The third-order valence-corrected chi connectivity index (χ3v) is 4.18. The second-order valence-electron chi connectivity index (χ2n) is 5.93. The molecule has 0 spiro atoms. The molecule has 2 aromatic rings. The van der Waals surface area contributed by atoms with E-state index in [9.17, 15) is 60.7 Å². The van der Waals surface area contributed by atoms with Crippen LogP contribution in [0.4, 0.5) is 28.4 Å². The van der Waals surface area contributed by atoms with Gasteiger partial charge in [-0.15, -0.1) is 0 Å². The average molecular weight is 452 g/mol. The molecule has 1 unspecified atom stereocenters. The van der Waals surface area contributed by atoms with Gasteiger partial charge in [0, 0.05) is 11.3 Å². The Balaban J connectivity index is 3.19. The van der Waals surface area contributed by atoms with E-state index < -0.39 is 76.0 Å². The van der Waals surface area contributed by atoms with Crippen LogP contribution in [-0.2, 0) is 6.42 Å². The Labute approximate surface area is 173 Å². The minimum Gasteiger partial charge on any atom is -0.264 e. The Morgan fingerprint density at radius 2 is 0.906 bits per heavy atom. The number of benzene rings is 2. The van der Waals surface area contributed by atoms with E-state index in [1.165, 1.54) is 30.3 Å². The van der Waals surface area contributed by atoms with E-state index >= 15 is 0 Å². The van der Waals surface area contributed by atoms with E-state index in [-0.39, 0.29) is 5.56 Å². The van der Waals surface area contributed by atoms with Crippen LogP contribution in [0.1, 0.15) is 17.2 Å². The SMILES string of the molecule is O=[N+]([O-])c1c(C(Cc2ccccc2)[N+](=O)[O-])c([N+](=O)[O-])c([N+](=O)[O-])c([N+](=O)[O-])c1[N+](=O)[O-]. The van der Waals surface area contributed by atoms with Gasteiger partial charge in [-0.25, -0.2) is 0 Å². The monoisotopic (exact) mass is 452 g/mol. The fourth-order valence-corrected chi connectivity index (χ4v) is 3.03. The molecule has 32 heavy (non-hydrogen) atoms. The summed E-state index contributed by atoms with van der Waals surface area (Å²) in [5.74, 6) is 0. The Hall–Kier alpha value is -5.16. The molecule has 166 valence electrons. The first-order valence-corrected chi connectivity index (χ1v) is 8.03. The third kappa shape index (κ3) is 4.08. The summed E-state index contributed by atoms with van der Waals surface area (Å²) in [5, 5.41) is 69.2. The minimum absolute atomic E-state index is 0.0986. The van der Waals surface area contributed by atoms with Crippen LogP contribution < -0.4 is 0 Å². The second kappa shape index (κ2) is 8.69. The van der Waals surface area contributed by atoms with Gasteiger partial charge in [0.1, 0.15) is 0 Å². The second-order valence-corrected chi connectivity index (χ2v) is 5.93. The molecular formula is C14H8N6O12. The number of nitro groups is 6. The van der Waals surface area contributed by atoms with Crippen molar-refractivity contribution < 1.29 is 29.5 Å². The first-order valence-electron chi connectivity index (χ1n) is 8.03. The molecular weight excluding hydrogens is 444 g/mol. The van der Waals surface area contributed by atoms with Crippen LogP contribution in [0, 0.1) is 60.7 Å². The fourth-order valence-electron chi connectivity index (χ4n) is 3.03. The van der Waals surface area contributed by atoms with Crippen molar-refractivity contribution in [2.24, 2.45) is 0 Å². The van der Waals surface area contributed by atoms with Crippen LogP contribution >= 0.6 is 0 Å². The summed E-state index contributed by atoms with van der Waals surface area (Å²) in [5.41, 5.74) is -11.7. The zero-order valence-corrected chi connectivity index (χ0v) is 15.3. The van der Waals surface area contributed by atoms with E-state index in [0.29, 0.717) is 0 Å². The molecule has 0 saturated carbocycles. The Bertz CT molecular complexity index is 1130. The van der Waals surface area contributed by atoms with Gasteiger partial charge in [-0.3, -0.25) is 60.7 Å². The molecule has 0 aromatic heterocycles. The molecule has 18 nitrogen and oxygen atoms in total. The van der Waals surface area contributed by atoms with E-state index in [4.69, 9.17) is 0 Å². The van der Waals surface area contributed by atoms with Crippen molar-refractivity contribution in [3.63, 3.8) is 0 Å². The fraction of sp³-hybridized carbons (Fsp3) is 0.143. The molecule has 1 atom stereocenters. The van der Waals surface area contributed by atoms with Crippen molar-refractivity contribution in [1.29, 1.82) is 0 Å². The number of nitrogens with zero attached hydrogens (tertiary/aromatic N) is 6. The van der Waals surface area contributed by atoms with Crippen molar-refractivity contribution in [2.45, 2.75) is 12.5 Å². The van der Waals surface area contributed by atoms with Crippen molar-refractivity contribution in [3.8, 4) is 0 Å². The first kappa shape index (κ1) is 23.1. The lowest BCUT2D eigenvalue weighted by atomic mass is 9.93. The molecule has 2 aromatic carbocycles. The normalized spacial score (nSPS) is 11.4. The highest BCUT2D eigenvalue weighted by Crippen LogP contribution is 2.54. The summed E-state index contributed by atoms with van der Waals surface area (Å²) in [4.78, 5) is 59.4. The summed E-state index contributed by atoms with van der Waals surface area (Å²) in [6.45, 7) is 0. The molecule has 0 amide bonds. The van der Waals surface area contributed by atoms with E-state index in [1.54, 1.807) is 0 Å². The molecule has 0 radical (unpaired) electrons. The summed E-state index contributed by atoms with van der Waals surface area (Å²) in [6.07, 6.45) is -0.804. The quantitative estimate of drug-likeness (QED) is 0.392. The number of rotatable bonds is 9. The van der Waals surface area contributed by atoms with Gasteiger partial charge in [-0.1, -0.05) is 30.3 Å². The maximum atomic E-state index is 11.7.